The van der Waals surface area contributed by atoms with Crippen LogP contribution in [0.3, 0.4) is 0 Å². The van der Waals surface area contributed by atoms with E-state index in [-0.39, 0.29) is 18.0 Å². The quantitative estimate of drug-likeness (QED) is 0.807. The molecule has 0 aliphatic rings. The SMILES string of the molecule is CCC(C)C(O)CNC(=O)c1cccnc1OCC(F)(F)F. The fraction of sp³-hybridized carbons (Fsp3) is 0.571. The van der Waals surface area contributed by atoms with Gasteiger partial charge in [-0.3, -0.25) is 4.79 Å². The number of pyridine rings is 1. The van der Waals surface area contributed by atoms with Crippen LogP contribution in [-0.4, -0.2) is 41.4 Å². The Bertz CT molecular complexity index is 494. The molecule has 0 saturated heterocycles. The van der Waals surface area contributed by atoms with Crippen molar-refractivity contribution in [2.45, 2.75) is 32.5 Å². The molecular weight excluding hydrogens is 301 g/mol. The molecule has 1 heterocycles. The van der Waals surface area contributed by atoms with Gasteiger partial charge in [-0.1, -0.05) is 20.3 Å². The van der Waals surface area contributed by atoms with Crippen LogP contribution < -0.4 is 10.1 Å². The molecule has 0 fully saturated rings. The summed E-state index contributed by atoms with van der Waals surface area (Å²) in [6, 6.07) is 2.73. The number of halogens is 3. The molecule has 5 nitrogen and oxygen atoms in total. The second-order valence-electron chi connectivity index (χ2n) is 4.92. The molecule has 124 valence electrons. The fourth-order valence-corrected chi connectivity index (χ4v) is 1.59. The van der Waals surface area contributed by atoms with E-state index in [0.717, 1.165) is 6.42 Å². The summed E-state index contributed by atoms with van der Waals surface area (Å²) in [4.78, 5) is 15.6. The molecule has 0 spiro atoms. The minimum atomic E-state index is -4.52. The summed E-state index contributed by atoms with van der Waals surface area (Å²) in [6.45, 7) is 2.21. The highest BCUT2D eigenvalue weighted by molar-refractivity contribution is 5.96. The number of hydrogen-bond acceptors (Lipinski definition) is 4. The number of carbonyl (C=O) groups is 1. The van der Waals surface area contributed by atoms with Crippen LogP contribution in [0.5, 0.6) is 5.88 Å². The highest BCUT2D eigenvalue weighted by Gasteiger charge is 2.29. The van der Waals surface area contributed by atoms with Crippen molar-refractivity contribution in [3.05, 3.63) is 23.9 Å². The minimum absolute atomic E-state index is 0.00143. The lowest BCUT2D eigenvalue weighted by Gasteiger charge is -2.18. The van der Waals surface area contributed by atoms with Crippen LogP contribution in [0.1, 0.15) is 30.6 Å². The monoisotopic (exact) mass is 320 g/mol. The van der Waals surface area contributed by atoms with Crippen molar-refractivity contribution >= 4 is 5.91 Å². The number of aromatic nitrogens is 1. The topological polar surface area (TPSA) is 71.5 Å². The highest BCUT2D eigenvalue weighted by atomic mass is 19.4. The Labute approximate surface area is 126 Å². The van der Waals surface area contributed by atoms with Gasteiger partial charge < -0.3 is 15.2 Å². The maximum atomic E-state index is 12.2. The van der Waals surface area contributed by atoms with Crippen molar-refractivity contribution in [2.75, 3.05) is 13.2 Å². The van der Waals surface area contributed by atoms with Crippen LogP contribution in [0.2, 0.25) is 0 Å². The molecule has 0 saturated carbocycles. The average Bonchev–Trinajstić information content (AvgIpc) is 2.48. The molecule has 2 unspecified atom stereocenters. The van der Waals surface area contributed by atoms with Gasteiger partial charge in [-0.25, -0.2) is 4.98 Å². The number of ether oxygens (including phenoxy) is 1. The van der Waals surface area contributed by atoms with Gasteiger partial charge in [-0.05, 0) is 18.1 Å². The number of alkyl halides is 3. The molecule has 1 aromatic heterocycles. The molecule has 1 rings (SSSR count). The minimum Gasteiger partial charge on any atom is -0.467 e. The van der Waals surface area contributed by atoms with E-state index in [2.05, 4.69) is 15.0 Å². The zero-order chi connectivity index (χ0) is 16.8. The van der Waals surface area contributed by atoms with Gasteiger partial charge >= 0.3 is 6.18 Å². The van der Waals surface area contributed by atoms with E-state index in [1.807, 2.05) is 13.8 Å². The second-order valence-corrected chi connectivity index (χ2v) is 4.92. The van der Waals surface area contributed by atoms with Crippen molar-refractivity contribution < 1.29 is 27.8 Å². The highest BCUT2D eigenvalue weighted by Crippen LogP contribution is 2.20. The summed E-state index contributed by atoms with van der Waals surface area (Å²) >= 11 is 0. The van der Waals surface area contributed by atoms with Gasteiger partial charge in [0.2, 0.25) is 5.88 Å². The summed E-state index contributed by atoms with van der Waals surface area (Å²) in [5, 5.41) is 12.2. The predicted molar refractivity (Wildman–Crippen MR) is 73.6 cm³/mol. The van der Waals surface area contributed by atoms with Gasteiger partial charge in [-0.15, -0.1) is 0 Å². The van der Waals surface area contributed by atoms with E-state index >= 15 is 0 Å². The van der Waals surface area contributed by atoms with Crippen LogP contribution in [0.4, 0.5) is 13.2 Å². The molecule has 1 aromatic rings. The molecular formula is C14H19F3N2O3. The lowest BCUT2D eigenvalue weighted by molar-refractivity contribution is -0.154. The lowest BCUT2D eigenvalue weighted by Crippen LogP contribution is -2.35. The third-order valence-corrected chi connectivity index (χ3v) is 3.16. The molecule has 2 atom stereocenters. The number of aliphatic hydroxyl groups excluding tert-OH is 1. The first kappa shape index (κ1) is 18.2. The number of rotatable bonds is 7. The third kappa shape index (κ3) is 5.88. The standard InChI is InChI=1S/C14H19F3N2O3/c1-3-9(2)11(20)7-19-12(21)10-5-4-6-18-13(10)22-8-14(15,16)17/h4-6,9,11,20H,3,7-8H2,1-2H3,(H,19,21). The van der Waals surface area contributed by atoms with Gasteiger partial charge in [0.05, 0.1) is 6.10 Å². The van der Waals surface area contributed by atoms with Crippen LogP contribution >= 0.6 is 0 Å². The Balaban J connectivity index is 2.69. The Kier molecular flexibility index (Phi) is 6.61. The molecule has 0 aliphatic carbocycles. The molecule has 0 bridgehead atoms. The molecule has 0 aliphatic heterocycles. The Morgan fingerprint density at radius 1 is 1.50 bits per heavy atom. The zero-order valence-corrected chi connectivity index (χ0v) is 12.4. The van der Waals surface area contributed by atoms with Crippen molar-refractivity contribution in [1.29, 1.82) is 0 Å². The van der Waals surface area contributed by atoms with Gasteiger partial charge in [0.1, 0.15) is 5.56 Å². The normalized spacial score (nSPS) is 14.3. The van der Waals surface area contributed by atoms with E-state index in [1.165, 1.54) is 18.3 Å². The van der Waals surface area contributed by atoms with E-state index < -0.39 is 30.7 Å². The van der Waals surface area contributed by atoms with Gasteiger partial charge in [0.25, 0.3) is 5.91 Å². The van der Waals surface area contributed by atoms with Crippen molar-refractivity contribution in [2.24, 2.45) is 5.92 Å². The Morgan fingerprint density at radius 2 is 2.18 bits per heavy atom. The van der Waals surface area contributed by atoms with Gasteiger partial charge in [0.15, 0.2) is 6.61 Å². The molecule has 2 N–H and O–H groups in total. The summed E-state index contributed by atoms with van der Waals surface area (Å²) < 4.78 is 41.0. The number of carbonyl (C=O) groups excluding carboxylic acids is 1. The number of aliphatic hydroxyl groups is 1. The Hall–Kier alpha value is -1.83. The summed E-state index contributed by atoms with van der Waals surface area (Å²) in [5.41, 5.74) is -0.108. The third-order valence-electron chi connectivity index (χ3n) is 3.16. The molecule has 1 amide bonds. The van der Waals surface area contributed by atoms with Crippen molar-refractivity contribution in [3.8, 4) is 5.88 Å². The summed E-state index contributed by atoms with van der Waals surface area (Å²) in [7, 11) is 0. The number of nitrogens with zero attached hydrogens (tertiary/aromatic N) is 1. The average molecular weight is 320 g/mol. The van der Waals surface area contributed by atoms with Crippen LogP contribution in [0.25, 0.3) is 0 Å². The van der Waals surface area contributed by atoms with Crippen LogP contribution in [-0.2, 0) is 0 Å². The first-order chi connectivity index (χ1) is 10.2. The fourth-order valence-electron chi connectivity index (χ4n) is 1.59. The van der Waals surface area contributed by atoms with Crippen LogP contribution in [0.15, 0.2) is 18.3 Å². The number of nitrogens with one attached hydrogen (secondary N) is 1. The maximum Gasteiger partial charge on any atom is 0.422 e. The zero-order valence-electron chi connectivity index (χ0n) is 12.4. The van der Waals surface area contributed by atoms with Gasteiger partial charge in [-0.2, -0.15) is 13.2 Å². The predicted octanol–water partition coefficient (Wildman–Crippen LogP) is 2.16. The van der Waals surface area contributed by atoms with Gasteiger partial charge in [0, 0.05) is 12.7 Å². The van der Waals surface area contributed by atoms with E-state index in [4.69, 9.17) is 0 Å². The lowest BCUT2D eigenvalue weighted by atomic mass is 10.0. The van der Waals surface area contributed by atoms with Crippen LogP contribution in [0, 0.1) is 5.92 Å². The molecule has 22 heavy (non-hydrogen) atoms. The van der Waals surface area contributed by atoms with E-state index in [1.54, 1.807) is 0 Å². The van der Waals surface area contributed by atoms with E-state index in [0.29, 0.717) is 0 Å². The van der Waals surface area contributed by atoms with Crippen molar-refractivity contribution in [3.63, 3.8) is 0 Å². The number of hydrogen-bond donors (Lipinski definition) is 2. The largest absolute Gasteiger partial charge is 0.467 e. The number of amides is 1. The first-order valence-electron chi connectivity index (χ1n) is 6.85. The summed E-state index contributed by atoms with van der Waals surface area (Å²) in [6.07, 6.45) is -3.27. The smallest absolute Gasteiger partial charge is 0.422 e. The summed E-state index contributed by atoms with van der Waals surface area (Å²) in [5.74, 6) is -1.04. The van der Waals surface area contributed by atoms with Crippen molar-refractivity contribution in [1.82, 2.24) is 10.3 Å². The molecule has 0 radical (unpaired) electrons. The Morgan fingerprint density at radius 3 is 2.77 bits per heavy atom. The second kappa shape index (κ2) is 7.98. The first-order valence-corrected chi connectivity index (χ1v) is 6.85. The molecule has 8 heteroatoms. The van der Waals surface area contributed by atoms with E-state index in [9.17, 15) is 23.1 Å². The maximum absolute atomic E-state index is 12.2. The molecule has 0 aromatic carbocycles.